The lowest BCUT2D eigenvalue weighted by Crippen LogP contribution is -2.50. The second-order valence-electron chi connectivity index (χ2n) is 5.70. The van der Waals surface area contributed by atoms with Crippen LogP contribution in [0.4, 0.5) is 4.79 Å². The molecule has 2 aromatic rings. The van der Waals surface area contributed by atoms with Gasteiger partial charge in [-0.1, -0.05) is 26.0 Å². The number of carbonyl (C=O) groups excluding carboxylic acids is 2. The SMILES string of the molecule is CCOC(=O)NC(C(=O)NCCc1nc2ccccc2s1)C(C)C. The van der Waals surface area contributed by atoms with Crippen LogP contribution in [0.15, 0.2) is 24.3 Å². The van der Waals surface area contributed by atoms with Gasteiger partial charge in [0.05, 0.1) is 21.8 Å². The van der Waals surface area contributed by atoms with Gasteiger partial charge in [0.2, 0.25) is 5.91 Å². The lowest BCUT2D eigenvalue weighted by atomic mass is 10.0. The zero-order valence-electron chi connectivity index (χ0n) is 14.2. The summed E-state index contributed by atoms with van der Waals surface area (Å²) in [5.41, 5.74) is 0.980. The van der Waals surface area contributed by atoms with E-state index in [0.29, 0.717) is 13.0 Å². The molecule has 130 valence electrons. The third-order valence-electron chi connectivity index (χ3n) is 3.47. The average Bonchev–Trinajstić information content (AvgIpc) is 2.95. The summed E-state index contributed by atoms with van der Waals surface area (Å²) in [6, 6.07) is 7.35. The highest BCUT2D eigenvalue weighted by Crippen LogP contribution is 2.21. The molecule has 0 radical (unpaired) electrons. The number of thiazole rings is 1. The number of benzene rings is 1. The Hall–Kier alpha value is -2.15. The van der Waals surface area contributed by atoms with Crippen LogP contribution in [-0.4, -0.2) is 36.2 Å². The van der Waals surface area contributed by atoms with Crippen LogP contribution in [0.3, 0.4) is 0 Å². The highest BCUT2D eigenvalue weighted by atomic mass is 32.1. The van der Waals surface area contributed by atoms with Gasteiger partial charge in [-0.15, -0.1) is 11.3 Å². The van der Waals surface area contributed by atoms with Crippen LogP contribution in [-0.2, 0) is 16.0 Å². The van der Waals surface area contributed by atoms with Crippen LogP contribution in [0, 0.1) is 5.92 Å². The summed E-state index contributed by atoms with van der Waals surface area (Å²) in [5.74, 6) is -0.240. The van der Waals surface area contributed by atoms with Crippen LogP contribution in [0.5, 0.6) is 0 Å². The predicted octanol–water partition coefficient (Wildman–Crippen LogP) is 2.73. The van der Waals surface area contributed by atoms with Crippen molar-refractivity contribution >= 4 is 33.6 Å². The van der Waals surface area contributed by atoms with E-state index in [1.807, 2.05) is 38.1 Å². The summed E-state index contributed by atoms with van der Waals surface area (Å²) in [6.45, 7) is 6.23. The number of alkyl carbamates (subject to hydrolysis) is 1. The zero-order chi connectivity index (χ0) is 17.5. The molecule has 0 saturated heterocycles. The van der Waals surface area contributed by atoms with Crippen LogP contribution < -0.4 is 10.6 Å². The van der Waals surface area contributed by atoms with E-state index in [-0.39, 0.29) is 18.4 Å². The minimum Gasteiger partial charge on any atom is -0.450 e. The fourth-order valence-corrected chi connectivity index (χ4v) is 3.23. The standard InChI is InChI=1S/C17H23N3O3S/c1-4-23-17(22)20-15(11(2)3)16(21)18-10-9-14-19-12-7-5-6-8-13(12)24-14/h5-8,11,15H,4,9-10H2,1-3H3,(H,18,21)(H,20,22). The minimum atomic E-state index is -0.612. The van der Waals surface area contributed by atoms with E-state index in [0.717, 1.165) is 15.2 Å². The molecule has 2 N–H and O–H groups in total. The average molecular weight is 349 g/mol. The van der Waals surface area contributed by atoms with Crippen molar-refractivity contribution in [1.29, 1.82) is 0 Å². The molecule has 7 heteroatoms. The molecule has 6 nitrogen and oxygen atoms in total. The molecule has 0 aliphatic carbocycles. The van der Waals surface area contributed by atoms with E-state index >= 15 is 0 Å². The Morgan fingerprint density at radius 3 is 2.71 bits per heavy atom. The van der Waals surface area contributed by atoms with Gasteiger partial charge in [0.15, 0.2) is 0 Å². The lowest BCUT2D eigenvalue weighted by Gasteiger charge is -2.21. The monoisotopic (exact) mass is 349 g/mol. The number of nitrogens with one attached hydrogen (secondary N) is 2. The molecule has 2 rings (SSSR count). The predicted molar refractivity (Wildman–Crippen MR) is 95.1 cm³/mol. The number of aromatic nitrogens is 1. The lowest BCUT2D eigenvalue weighted by molar-refractivity contribution is -0.124. The molecule has 0 bridgehead atoms. The first-order chi connectivity index (χ1) is 11.5. The first-order valence-corrected chi connectivity index (χ1v) is 8.88. The summed E-state index contributed by atoms with van der Waals surface area (Å²) >= 11 is 1.63. The third kappa shape index (κ3) is 4.92. The van der Waals surface area contributed by atoms with Crippen molar-refractivity contribution in [3.8, 4) is 0 Å². The molecule has 0 saturated carbocycles. The quantitative estimate of drug-likeness (QED) is 0.805. The Morgan fingerprint density at radius 1 is 1.29 bits per heavy atom. The Kier molecular flexibility index (Phi) is 6.54. The van der Waals surface area contributed by atoms with Crippen molar-refractivity contribution in [1.82, 2.24) is 15.6 Å². The number of fused-ring (bicyclic) bond motifs is 1. The van der Waals surface area contributed by atoms with Crippen molar-refractivity contribution in [3.05, 3.63) is 29.3 Å². The van der Waals surface area contributed by atoms with Crippen LogP contribution in [0.1, 0.15) is 25.8 Å². The van der Waals surface area contributed by atoms with E-state index in [1.54, 1.807) is 18.3 Å². The van der Waals surface area contributed by atoms with Gasteiger partial charge in [-0.3, -0.25) is 4.79 Å². The molecular weight excluding hydrogens is 326 g/mol. The maximum atomic E-state index is 12.3. The van der Waals surface area contributed by atoms with E-state index < -0.39 is 12.1 Å². The van der Waals surface area contributed by atoms with Crippen molar-refractivity contribution in [2.45, 2.75) is 33.2 Å². The van der Waals surface area contributed by atoms with Crippen LogP contribution in [0.2, 0.25) is 0 Å². The Labute approximate surface area is 145 Å². The summed E-state index contributed by atoms with van der Waals surface area (Å²) in [6.07, 6.45) is 0.0903. The van der Waals surface area contributed by atoms with Crippen molar-refractivity contribution in [2.75, 3.05) is 13.2 Å². The maximum absolute atomic E-state index is 12.3. The van der Waals surface area contributed by atoms with Crippen molar-refractivity contribution < 1.29 is 14.3 Å². The number of ether oxygens (including phenoxy) is 1. The molecule has 0 aliphatic heterocycles. The second-order valence-corrected chi connectivity index (χ2v) is 6.82. The molecule has 1 heterocycles. The first-order valence-electron chi connectivity index (χ1n) is 8.06. The Balaban J connectivity index is 1.86. The fourth-order valence-electron chi connectivity index (χ4n) is 2.26. The van der Waals surface area contributed by atoms with Gasteiger partial charge >= 0.3 is 6.09 Å². The van der Waals surface area contributed by atoms with Gasteiger partial charge in [0.1, 0.15) is 6.04 Å². The normalized spacial score (nSPS) is 12.2. The molecule has 1 aromatic carbocycles. The Morgan fingerprint density at radius 2 is 2.04 bits per heavy atom. The minimum absolute atomic E-state index is 0.0307. The highest BCUT2D eigenvalue weighted by Gasteiger charge is 2.24. The highest BCUT2D eigenvalue weighted by molar-refractivity contribution is 7.18. The summed E-state index contributed by atoms with van der Waals surface area (Å²) < 4.78 is 5.98. The first kappa shape index (κ1) is 18.2. The van der Waals surface area contributed by atoms with E-state index in [1.165, 1.54) is 0 Å². The number of hydrogen-bond donors (Lipinski definition) is 2. The van der Waals surface area contributed by atoms with E-state index in [4.69, 9.17) is 4.74 Å². The number of para-hydroxylation sites is 1. The van der Waals surface area contributed by atoms with Crippen LogP contribution in [0.25, 0.3) is 10.2 Å². The van der Waals surface area contributed by atoms with Gasteiger partial charge < -0.3 is 15.4 Å². The number of amides is 2. The van der Waals surface area contributed by atoms with Gasteiger partial charge in [0.25, 0.3) is 0 Å². The van der Waals surface area contributed by atoms with E-state index in [9.17, 15) is 9.59 Å². The largest absolute Gasteiger partial charge is 0.450 e. The fraction of sp³-hybridized carbons (Fsp3) is 0.471. The Bertz CT molecular complexity index is 666. The zero-order valence-corrected chi connectivity index (χ0v) is 15.0. The molecule has 0 fully saturated rings. The molecule has 1 aromatic heterocycles. The number of hydrogen-bond acceptors (Lipinski definition) is 5. The third-order valence-corrected chi connectivity index (χ3v) is 4.57. The number of carbonyl (C=O) groups is 2. The number of nitrogens with zero attached hydrogens (tertiary/aromatic N) is 1. The smallest absolute Gasteiger partial charge is 0.407 e. The molecule has 1 unspecified atom stereocenters. The number of rotatable bonds is 7. The molecule has 1 atom stereocenters. The summed E-state index contributed by atoms with van der Waals surface area (Å²) in [4.78, 5) is 28.4. The molecule has 0 aliphatic rings. The van der Waals surface area contributed by atoms with Gasteiger partial charge in [-0.25, -0.2) is 9.78 Å². The van der Waals surface area contributed by atoms with Crippen LogP contribution >= 0.6 is 11.3 Å². The van der Waals surface area contributed by atoms with Crippen molar-refractivity contribution in [3.63, 3.8) is 0 Å². The van der Waals surface area contributed by atoms with E-state index in [2.05, 4.69) is 15.6 Å². The maximum Gasteiger partial charge on any atom is 0.407 e. The second kappa shape index (κ2) is 8.63. The van der Waals surface area contributed by atoms with Gasteiger partial charge in [-0.2, -0.15) is 0 Å². The molecule has 0 spiro atoms. The van der Waals surface area contributed by atoms with Gasteiger partial charge in [0, 0.05) is 13.0 Å². The summed E-state index contributed by atoms with van der Waals surface area (Å²) in [5, 5.41) is 6.45. The summed E-state index contributed by atoms with van der Waals surface area (Å²) in [7, 11) is 0. The molecular formula is C17H23N3O3S. The van der Waals surface area contributed by atoms with Gasteiger partial charge in [-0.05, 0) is 25.0 Å². The topological polar surface area (TPSA) is 80.3 Å². The van der Waals surface area contributed by atoms with Crippen molar-refractivity contribution in [2.24, 2.45) is 5.92 Å². The molecule has 24 heavy (non-hydrogen) atoms. The molecule has 2 amide bonds.